The molecule has 1 aliphatic heterocycles. The molecule has 3 rings (SSSR count). The molecule has 0 spiro atoms. The molecule has 1 amide bonds. The Kier molecular flexibility index (Phi) is 3.47. The van der Waals surface area contributed by atoms with Gasteiger partial charge in [0.2, 0.25) is 0 Å². The molecule has 2 atom stereocenters. The van der Waals surface area contributed by atoms with Gasteiger partial charge in [-0.05, 0) is 31.0 Å². The first-order chi connectivity index (χ1) is 10.1. The lowest BCUT2D eigenvalue weighted by atomic mass is 10.0. The smallest absolute Gasteiger partial charge is 0.257 e. The summed E-state index contributed by atoms with van der Waals surface area (Å²) >= 11 is 0. The van der Waals surface area contributed by atoms with Crippen molar-refractivity contribution >= 4 is 5.91 Å². The topological polar surface area (TPSA) is 69.2 Å². The van der Waals surface area contributed by atoms with Crippen LogP contribution in [0.25, 0.3) is 0 Å². The Hall–Kier alpha value is -2.21. The highest BCUT2D eigenvalue weighted by Gasteiger charge is 2.36. The number of carbonyl (C=O) groups excluding carboxylic acids is 1. The molecule has 5 nitrogen and oxygen atoms in total. The molecule has 0 radical (unpaired) electrons. The molecule has 0 bridgehead atoms. The number of H-pyrrole nitrogens is 1. The number of amides is 1. The van der Waals surface area contributed by atoms with Gasteiger partial charge in [0.25, 0.3) is 5.91 Å². The van der Waals surface area contributed by atoms with Crippen molar-refractivity contribution in [3.05, 3.63) is 53.1 Å². The Labute approximate surface area is 121 Å². The zero-order valence-electron chi connectivity index (χ0n) is 11.6. The van der Waals surface area contributed by atoms with Gasteiger partial charge in [-0.15, -0.1) is 0 Å². The number of nitrogens with zero attached hydrogens (tertiary/aromatic N) is 2. The third-order valence-corrected chi connectivity index (χ3v) is 3.85. The molecular formula is C15H16FN3O2. The van der Waals surface area contributed by atoms with Crippen molar-refractivity contribution in [2.75, 3.05) is 6.54 Å². The molecule has 1 fully saturated rings. The number of nitrogens with one attached hydrogen (secondary N) is 1. The Morgan fingerprint density at radius 1 is 1.43 bits per heavy atom. The summed E-state index contributed by atoms with van der Waals surface area (Å²) in [7, 11) is 0. The molecule has 21 heavy (non-hydrogen) atoms. The van der Waals surface area contributed by atoms with Crippen molar-refractivity contribution in [3.63, 3.8) is 0 Å². The minimum atomic E-state index is -0.573. The lowest BCUT2D eigenvalue weighted by Gasteiger charge is -2.24. The lowest BCUT2D eigenvalue weighted by molar-refractivity contribution is 0.0715. The number of aliphatic hydroxyl groups excluding tert-OH is 1. The average Bonchev–Trinajstić information content (AvgIpc) is 3.05. The number of halogens is 1. The van der Waals surface area contributed by atoms with Crippen LogP contribution in [0.2, 0.25) is 0 Å². The number of aryl methyl sites for hydroxylation is 1. The van der Waals surface area contributed by atoms with Crippen LogP contribution in [0.15, 0.2) is 30.5 Å². The van der Waals surface area contributed by atoms with Crippen LogP contribution in [0.3, 0.4) is 0 Å². The summed E-state index contributed by atoms with van der Waals surface area (Å²) in [6.07, 6.45) is 1.37. The number of rotatable bonds is 2. The molecule has 0 aliphatic carbocycles. The van der Waals surface area contributed by atoms with E-state index < -0.39 is 6.10 Å². The van der Waals surface area contributed by atoms with Crippen LogP contribution in [-0.4, -0.2) is 38.8 Å². The summed E-state index contributed by atoms with van der Waals surface area (Å²) in [6.45, 7) is 2.05. The van der Waals surface area contributed by atoms with Gasteiger partial charge in [-0.2, -0.15) is 5.10 Å². The molecule has 2 N–H and O–H groups in total. The summed E-state index contributed by atoms with van der Waals surface area (Å²) in [4.78, 5) is 14.2. The van der Waals surface area contributed by atoms with Gasteiger partial charge in [0.05, 0.1) is 23.9 Å². The van der Waals surface area contributed by atoms with Crippen LogP contribution in [0, 0.1) is 12.7 Å². The van der Waals surface area contributed by atoms with Gasteiger partial charge in [-0.3, -0.25) is 9.89 Å². The minimum absolute atomic E-state index is 0.174. The number of carbonyl (C=O) groups is 1. The lowest BCUT2D eigenvalue weighted by Crippen LogP contribution is -2.32. The highest BCUT2D eigenvalue weighted by Crippen LogP contribution is 2.33. The van der Waals surface area contributed by atoms with Gasteiger partial charge in [0.1, 0.15) is 5.82 Å². The van der Waals surface area contributed by atoms with E-state index in [1.807, 2.05) is 0 Å². The Balaban J connectivity index is 1.91. The standard InChI is InChI=1S/C15H16FN3O2/c1-9-13(7-17-18-9)15(21)19-8-12(20)6-14(19)10-2-4-11(16)5-3-10/h2-5,7,12,14,20H,6,8H2,1H3,(H,17,18). The van der Waals surface area contributed by atoms with Crippen molar-refractivity contribution in [3.8, 4) is 0 Å². The van der Waals surface area contributed by atoms with Crippen molar-refractivity contribution in [2.45, 2.75) is 25.5 Å². The number of likely N-dealkylation sites (tertiary alicyclic amines) is 1. The predicted molar refractivity (Wildman–Crippen MR) is 74.1 cm³/mol. The first kappa shape index (κ1) is 13.8. The van der Waals surface area contributed by atoms with E-state index in [1.54, 1.807) is 24.0 Å². The molecule has 2 unspecified atom stereocenters. The van der Waals surface area contributed by atoms with Gasteiger partial charge in [0, 0.05) is 12.2 Å². The summed E-state index contributed by atoms with van der Waals surface area (Å²) in [6, 6.07) is 5.79. The maximum atomic E-state index is 13.0. The first-order valence-corrected chi connectivity index (χ1v) is 6.80. The molecule has 2 aromatic rings. The van der Waals surface area contributed by atoms with E-state index in [1.165, 1.54) is 18.3 Å². The second-order valence-electron chi connectivity index (χ2n) is 5.32. The van der Waals surface area contributed by atoms with Gasteiger partial charge in [-0.1, -0.05) is 12.1 Å². The van der Waals surface area contributed by atoms with Crippen molar-refractivity contribution in [1.29, 1.82) is 0 Å². The van der Waals surface area contributed by atoms with Crippen molar-refractivity contribution < 1.29 is 14.3 Å². The molecule has 1 saturated heterocycles. The zero-order chi connectivity index (χ0) is 15.0. The summed E-state index contributed by atoms with van der Waals surface area (Å²) in [5.41, 5.74) is 2.01. The van der Waals surface area contributed by atoms with E-state index in [0.29, 0.717) is 17.7 Å². The molecular weight excluding hydrogens is 273 g/mol. The second-order valence-corrected chi connectivity index (χ2v) is 5.32. The molecule has 6 heteroatoms. The monoisotopic (exact) mass is 289 g/mol. The van der Waals surface area contributed by atoms with E-state index in [4.69, 9.17) is 0 Å². The van der Waals surface area contributed by atoms with Crippen molar-refractivity contribution in [2.24, 2.45) is 0 Å². The number of benzene rings is 1. The molecule has 2 heterocycles. The van der Waals surface area contributed by atoms with Gasteiger partial charge >= 0.3 is 0 Å². The maximum Gasteiger partial charge on any atom is 0.257 e. The minimum Gasteiger partial charge on any atom is -0.391 e. The van der Waals surface area contributed by atoms with E-state index in [0.717, 1.165) is 5.56 Å². The van der Waals surface area contributed by atoms with Crippen LogP contribution >= 0.6 is 0 Å². The Morgan fingerprint density at radius 2 is 2.14 bits per heavy atom. The van der Waals surface area contributed by atoms with Gasteiger partial charge in [-0.25, -0.2) is 4.39 Å². The Morgan fingerprint density at radius 3 is 2.76 bits per heavy atom. The third kappa shape index (κ3) is 2.54. The summed E-state index contributed by atoms with van der Waals surface area (Å²) < 4.78 is 13.0. The van der Waals surface area contributed by atoms with E-state index >= 15 is 0 Å². The molecule has 110 valence electrons. The quantitative estimate of drug-likeness (QED) is 0.886. The fourth-order valence-corrected chi connectivity index (χ4v) is 2.76. The largest absolute Gasteiger partial charge is 0.391 e. The van der Waals surface area contributed by atoms with Crippen LogP contribution in [0.1, 0.15) is 34.1 Å². The second kappa shape index (κ2) is 5.29. The number of hydrogen-bond acceptors (Lipinski definition) is 3. The fourth-order valence-electron chi connectivity index (χ4n) is 2.76. The third-order valence-electron chi connectivity index (χ3n) is 3.85. The van der Waals surface area contributed by atoms with Gasteiger partial charge in [0.15, 0.2) is 0 Å². The van der Waals surface area contributed by atoms with E-state index in [9.17, 15) is 14.3 Å². The molecule has 1 aromatic heterocycles. The molecule has 0 saturated carbocycles. The summed E-state index contributed by atoms with van der Waals surface area (Å²) in [5, 5.41) is 16.5. The number of aromatic nitrogens is 2. The van der Waals surface area contributed by atoms with Gasteiger partial charge < -0.3 is 10.0 Å². The predicted octanol–water partition coefficient (Wildman–Crippen LogP) is 1.81. The number of β-amino-alcohol motifs (C(OH)–C–C–N with tert-alkyl or cyclic N) is 1. The van der Waals surface area contributed by atoms with Crippen LogP contribution in [0.5, 0.6) is 0 Å². The van der Waals surface area contributed by atoms with Crippen LogP contribution < -0.4 is 0 Å². The normalized spacial score (nSPS) is 21.8. The zero-order valence-corrected chi connectivity index (χ0v) is 11.6. The number of aliphatic hydroxyl groups is 1. The maximum absolute atomic E-state index is 13.0. The number of aromatic amines is 1. The van der Waals surface area contributed by atoms with Crippen LogP contribution in [-0.2, 0) is 0 Å². The van der Waals surface area contributed by atoms with Crippen molar-refractivity contribution in [1.82, 2.24) is 15.1 Å². The highest BCUT2D eigenvalue weighted by molar-refractivity contribution is 5.95. The van der Waals surface area contributed by atoms with E-state index in [2.05, 4.69) is 10.2 Å². The SMILES string of the molecule is Cc1[nH]ncc1C(=O)N1CC(O)CC1c1ccc(F)cc1. The Bertz CT molecular complexity index is 653. The fraction of sp³-hybridized carbons (Fsp3) is 0.333. The van der Waals surface area contributed by atoms with Crippen LogP contribution in [0.4, 0.5) is 4.39 Å². The average molecular weight is 289 g/mol. The highest BCUT2D eigenvalue weighted by atomic mass is 19.1. The number of hydrogen-bond donors (Lipinski definition) is 2. The van der Waals surface area contributed by atoms with E-state index in [-0.39, 0.29) is 24.3 Å². The summed E-state index contributed by atoms with van der Waals surface area (Å²) in [5.74, 6) is -0.493. The first-order valence-electron chi connectivity index (χ1n) is 6.80. The molecule has 1 aromatic carbocycles. The molecule has 1 aliphatic rings.